The van der Waals surface area contributed by atoms with E-state index in [2.05, 4.69) is 33.8 Å². The molecule has 2 aliphatic carbocycles. The van der Waals surface area contributed by atoms with Gasteiger partial charge >= 0.3 is 0 Å². The Morgan fingerprint density at radius 2 is 2.15 bits per heavy atom. The lowest BCUT2D eigenvalue weighted by atomic mass is 9.59. The van der Waals surface area contributed by atoms with Gasteiger partial charge in [-0.3, -0.25) is 0 Å². The van der Waals surface area contributed by atoms with E-state index in [1.807, 2.05) is 0 Å². The van der Waals surface area contributed by atoms with Gasteiger partial charge in [0.05, 0.1) is 0 Å². The highest BCUT2D eigenvalue weighted by Crippen LogP contribution is 2.73. The molecular weight excluding hydrogens is 156 g/mol. The SMILES string of the molecule is CCCC1(C)C(C=C(C)C)C2CC21. The quantitative estimate of drug-likeness (QED) is 0.572. The predicted molar refractivity (Wildman–Crippen MR) is 57.5 cm³/mol. The summed E-state index contributed by atoms with van der Waals surface area (Å²) in [5.74, 6) is 3.09. The molecule has 2 aliphatic rings. The summed E-state index contributed by atoms with van der Waals surface area (Å²) < 4.78 is 0. The lowest BCUT2D eigenvalue weighted by Gasteiger charge is -2.46. The normalized spacial score (nSPS) is 46.3. The van der Waals surface area contributed by atoms with Crippen molar-refractivity contribution in [3.8, 4) is 0 Å². The van der Waals surface area contributed by atoms with Crippen molar-refractivity contribution in [2.24, 2.45) is 23.2 Å². The highest BCUT2D eigenvalue weighted by Gasteiger charge is 2.66. The molecule has 0 heterocycles. The number of allylic oxidation sites excluding steroid dienone is 2. The molecular formula is C13H22. The zero-order chi connectivity index (χ0) is 9.64. The Labute approximate surface area is 82.4 Å². The van der Waals surface area contributed by atoms with Gasteiger partial charge in [-0.25, -0.2) is 0 Å². The maximum Gasteiger partial charge on any atom is -0.0143 e. The minimum Gasteiger partial charge on any atom is -0.0819 e. The molecule has 0 aromatic rings. The van der Waals surface area contributed by atoms with E-state index >= 15 is 0 Å². The molecule has 0 heteroatoms. The first-order valence-electron chi connectivity index (χ1n) is 5.74. The van der Waals surface area contributed by atoms with Crippen molar-refractivity contribution >= 4 is 0 Å². The van der Waals surface area contributed by atoms with Crippen molar-refractivity contribution < 1.29 is 0 Å². The van der Waals surface area contributed by atoms with Crippen molar-refractivity contribution in [2.45, 2.75) is 47.0 Å². The number of rotatable bonds is 3. The van der Waals surface area contributed by atoms with Gasteiger partial charge in [0.15, 0.2) is 0 Å². The number of hydrogen-bond donors (Lipinski definition) is 0. The summed E-state index contributed by atoms with van der Waals surface area (Å²) >= 11 is 0. The van der Waals surface area contributed by atoms with Crippen LogP contribution in [0.1, 0.15) is 47.0 Å². The zero-order valence-corrected chi connectivity index (χ0v) is 9.43. The van der Waals surface area contributed by atoms with Gasteiger partial charge in [0.1, 0.15) is 0 Å². The average Bonchev–Trinajstić information content (AvgIpc) is 2.77. The third kappa shape index (κ3) is 1.26. The molecule has 74 valence electrons. The molecule has 2 saturated carbocycles. The molecule has 0 spiro atoms. The fraction of sp³-hybridized carbons (Fsp3) is 0.846. The maximum atomic E-state index is 2.53. The Bertz CT molecular complexity index is 234. The molecule has 0 radical (unpaired) electrons. The van der Waals surface area contributed by atoms with E-state index in [1.165, 1.54) is 24.8 Å². The Balaban J connectivity index is 2.08. The smallest absolute Gasteiger partial charge is 0.0143 e. The van der Waals surface area contributed by atoms with Crippen molar-refractivity contribution in [3.05, 3.63) is 11.6 Å². The van der Waals surface area contributed by atoms with Gasteiger partial charge < -0.3 is 0 Å². The fourth-order valence-corrected chi connectivity index (χ4v) is 3.55. The molecule has 2 rings (SSSR count). The van der Waals surface area contributed by atoms with E-state index in [0.717, 1.165) is 17.8 Å². The molecule has 2 fully saturated rings. The predicted octanol–water partition coefficient (Wildman–Crippen LogP) is 4.02. The van der Waals surface area contributed by atoms with Crippen LogP contribution >= 0.6 is 0 Å². The van der Waals surface area contributed by atoms with Crippen molar-refractivity contribution in [2.75, 3.05) is 0 Å². The Kier molecular flexibility index (Phi) is 2.05. The van der Waals surface area contributed by atoms with Crippen LogP contribution < -0.4 is 0 Å². The van der Waals surface area contributed by atoms with E-state index in [1.54, 1.807) is 0 Å². The highest BCUT2D eigenvalue weighted by molar-refractivity contribution is 5.22. The number of hydrogen-bond acceptors (Lipinski definition) is 0. The van der Waals surface area contributed by atoms with Crippen molar-refractivity contribution in [1.29, 1.82) is 0 Å². The summed E-state index contributed by atoms with van der Waals surface area (Å²) in [6, 6.07) is 0. The van der Waals surface area contributed by atoms with Crippen molar-refractivity contribution in [1.82, 2.24) is 0 Å². The van der Waals surface area contributed by atoms with E-state index < -0.39 is 0 Å². The first-order valence-corrected chi connectivity index (χ1v) is 5.74. The fourth-order valence-electron chi connectivity index (χ4n) is 3.55. The summed E-state index contributed by atoms with van der Waals surface area (Å²) in [7, 11) is 0. The first-order chi connectivity index (χ1) is 6.09. The zero-order valence-electron chi connectivity index (χ0n) is 9.43. The van der Waals surface area contributed by atoms with Gasteiger partial charge in [-0.05, 0) is 49.9 Å². The molecule has 0 N–H and O–H groups in total. The second-order valence-corrected chi connectivity index (χ2v) is 5.53. The van der Waals surface area contributed by atoms with Crippen LogP contribution in [0, 0.1) is 23.2 Å². The van der Waals surface area contributed by atoms with Crippen LogP contribution in [-0.4, -0.2) is 0 Å². The monoisotopic (exact) mass is 178 g/mol. The highest BCUT2D eigenvalue weighted by atomic mass is 14.7. The second kappa shape index (κ2) is 2.87. The Morgan fingerprint density at radius 3 is 2.69 bits per heavy atom. The average molecular weight is 178 g/mol. The van der Waals surface area contributed by atoms with Crippen LogP contribution in [0.3, 0.4) is 0 Å². The standard InChI is InChI=1S/C13H22/c1-5-6-13(4)11(7-9(2)3)10-8-12(10)13/h7,10-12H,5-6,8H2,1-4H3. The minimum atomic E-state index is 0.677. The lowest BCUT2D eigenvalue weighted by molar-refractivity contribution is 0.0565. The molecule has 0 aromatic heterocycles. The topological polar surface area (TPSA) is 0 Å². The van der Waals surface area contributed by atoms with Crippen LogP contribution in [0.4, 0.5) is 0 Å². The second-order valence-electron chi connectivity index (χ2n) is 5.53. The molecule has 0 bridgehead atoms. The number of fused-ring (bicyclic) bond motifs is 1. The molecule has 0 amide bonds. The summed E-state index contributed by atoms with van der Waals surface area (Å²) in [5, 5.41) is 0. The molecule has 0 nitrogen and oxygen atoms in total. The minimum absolute atomic E-state index is 0.677. The van der Waals surface area contributed by atoms with Crippen LogP contribution in [0.25, 0.3) is 0 Å². The van der Waals surface area contributed by atoms with Gasteiger partial charge in [0.2, 0.25) is 0 Å². The largest absolute Gasteiger partial charge is 0.0819 e. The molecule has 13 heavy (non-hydrogen) atoms. The molecule has 0 aliphatic heterocycles. The first kappa shape index (κ1) is 9.30. The summed E-state index contributed by atoms with van der Waals surface area (Å²) in [6.07, 6.45) is 6.84. The molecule has 4 unspecified atom stereocenters. The summed E-state index contributed by atoms with van der Waals surface area (Å²) in [5.41, 5.74) is 2.19. The van der Waals surface area contributed by atoms with Crippen molar-refractivity contribution in [3.63, 3.8) is 0 Å². The van der Waals surface area contributed by atoms with Gasteiger partial charge in [0.25, 0.3) is 0 Å². The third-order valence-electron chi connectivity index (χ3n) is 4.21. The van der Waals surface area contributed by atoms with Crippen LogP contribution in [0.15, 0.2) is 11.6 Å². The van der Waals surface area contributed by atoms with Crippen LogP contribution in [0.5, 0.6) is 0 Å². The third-order valence-corrected chi connectivity index (χ3v) is 4.21. The lowest BCUT2D eigenvalue weighted by Crippen LogP contribution is -2.39. The Morgan fingerprint density at radius 1 is 1.46 bits per heavy atom. The van der Waals surface area contributed by atoms with Gasteiger partial charge in [-0.1, -0.05) is 31.9 Å². The van der Waals surface area contributed by atoms with Gasteiger partial charge in [0, 0.05) is 0 Å². The van der Waals surface area contributed by atoms with E-state index in [9.17, 15) is 0 Å². The van der Waals surface area contributed by atoms with E-state index in [4.69, 9.17) is 0 Å². The van der Waals surface area contributed by atoms with Gasteiger partial charge in [-0.2, -0.15) is 0 Å². The van der Waals surface area contributed by atoms with Crippen LogP contribution in [-0.2, 0) is 0 Å². The summed E-state index contributed by atoms with van der Waals surface area (Å²) in [4.78, 5) is 0. The van der Waals surface area contributed by atoms with Gasteiger partial charge in [-0.15, -0.1) is 0 Å². The molecule has 4 atom stereocenters. The summed E-state index contributed by atoms with van der Waals surface area (Å²) in [6.45, 7) is 9.31. The van der Waals surface area contributed by atoms with Crippen LogP contribution in [0.2, 0.25) is 0 Å². The van der Waals surface area contributed by atoms with E-state index in [0.29, 0.717) is 5.41 Å². The molecule has 0 aromatic carbocycles. The maximum absolute atomic E-state index is 2.53. The molecule has 0 saturated heterocycles. The van der Waals surface area contributed by atoms with E-state index in [-0.39, 0.29) is 0 Å². The Hall–Kier alpha value is -0.260.